The molecule has 0 radical (unpaired) electrons. The predicted octanol–water partition coefficient (Wildman–Crippen LogP) is 2.74. The second kappa shape index (κ2) is 5.69. The van der Waals surface area contributed by atoms with Crippen molar-refractivity contribution in [3.05, 3.63) is 71.8 Å². The van der Waals surface area contributed by atoms with E-state index in [-0.39, 0.29) is 12.5 Å². The average molecular weight is 278 g/mol. The summed E-state index contributed by atoms with van der Waals surface area (Å²) >= 11 is 0. The number of β-amino-alcohol motifs (C(OH)–C–C–N with tert-alkyl or cyclic N) is 1. The minimum Gasteiger partial charge on any atom is -0.386 e. The minimum absolute atomic E-state index is 0.131. The highest BCUT2D eigenvalue weighted by atomic mass is 16.3. The normalized spacial score (nSPS) is 17.2. The van der Waals surface area contributed by atoms with E-state index in [0.717, 1.165) is 0 Å². The SMILES string of the molecule is N#CCC1(O)CN(C(c2ccccc2)c2ccccc2)C1. The van der Waals surface area contributed by atoms with Gasteiger partial charge in [0.25, 0.3) is 0 Å². The summed E-state index contributed by atoms with van der Waals surface area (Å²) in [4.78, 5) is 2.22. The monoisotopic (exact) mass is 278 g/mol. The zero-order valence-corrected chi connectivity index (χ0v) is 11.8. The Hall–Kier alpha value is -2.15. The van der Waals surface area contributed by atoms with Gasteiger partial charge in [0.05, 0.1) is 18.5 Å². The predicted molar refractivity (Wildman–Crippen MR) is 81.5 cm³/mol. The topological polar surface area (TPSA) is 47.3 Å². The van der Waals surface area contributed by atoms with Crippen molar-refractivity contribution in [2.75, 3.05) is 13.1 Å². The van der Waals surface area contributed by atoms with Gasteiger partial charge < -0.3 is 5.11 Å². The molecular formula is C18H18N2O. The molecule has 0 saturated carbocycles. The quantitative estimate of drug-likeness (QED) is 0.935. The van der Waals surface area contributed by atoms with Gasteiger partial charge in [-0.15, -0.1) is 0 Å². The maximum Gasteiger partial charge on any atom is 0.103 e. The Bertz CT molecular complexity index is 588. The first-order valence-corrected chi connectivity index (χ1v) is 7.15. The van der Waals surface area contributed by atoms with E-state index in [0.29, 0.717) is 13.1 Å². The zero-order valence-electron chi connectivity index (χ0n) is 11.8. The smallest absolute Gasteiger partial charge is 0.103 e. The number of hydrogen-bond acceptors (Lipinski definition) is 3. The van der Waals surface area contributed by atoms with Gasteiger partial charge in [0, 0.05) is 13.1 Å². The first-order chi connectivity index (χ1) is 10.2. The van der Waals surface area contributed by atoms with Gasteiger partial charge in [-0.2, -0.15) is 5.26 Å². The van der Waals surface area contributed by atoms with Crippen molar-refractivity contribution < 1.29 is 5.11 Å². The van der Waals surface area contributed by atoms with E-state index in [4.69, 9.17) is 5.26 Å². The van der Waals surface area contributed by atoms with Crippen LogP contribution < -0.4 is 0 Å². The average Bonchev–Trinajstić information content (AvgIpc) is 2.48. The lowest BCUT2D eigenvalue weighted by molar-refractivity contribution is -0.106. The van der Waals surface area contributed by atoms with Crippen LogP contribution in [0, 0.1) is 11.3 Å². The number of aliphatic hydroxyl groups is 1. The zero-order chi connectivity index (χ0) is 14.7. The highest BCUT2D eigenvalue weighted by molar-refractivity contribution is 5.33. The van der Waals surface area contributed by atoms with Crippen LogP contribution in [0.2, 0.25) is 0 Å². The van der Waals surface area contributed by atoms with E-state index < -0.39 is 5.60 Å². The minimum atomic E-state index is -0.851. The van der Waals surface area contributed by atoms with Gasteiger partial charge in [-0.05, 0) is 11.1 Å². The summed E-state index contributed by atoms with van der Waals surface area (Å²) in [5.74, 6) is 0. The summed E-state index contributed by atoms with van der Waals surface area (Å²) < 4.78 is 0. The third kappa shape index (κ3) is 2.82. The fraction of sp³-hybridized carbons (Fsp3) is 0.278. The van der Waals surface area contributed by atoms with Crippen LogP contribution in [0.4, 0.5) is 0 Å². The van der Waals surface area contributed by atoms with Gasteiger partial charge in [-0.25, -0.2) is 0 Å². The molecule has 0 bridgehead atoms. The second-order valence-electron chi connectivity index (χ2n) is 5.69. The first-order valence-electron chi connectivity index (χ1n) is 7.15. The largest absolute Gasteiger partial charge is 0.386 e. The first kappa shape index (κ1) is 13.8. The molecule has 0 unspecified atom stereocenters. The van der Waals surface area contributed by atoms with E-state index in [1.807, 2.05) is 36.4 Å². The van der Waals surface area contributed by atoms with E-state index in [9.17, 15) is 5.11 Å². The van der Waals surface area contributed by atoms with Crippen molar-refractivity contribution in [3.63, 3.8) is 0 Å². The summed E-state index contributed by atoms with van der Waals surface area (Å²) in [6.07, 6.45) is 0.194. The van der Waals surface area contributed by atoms with Gasteiger partial charge in [0.1, 0.15) is 5.60 Å². The van der Waals surface area contributed by atoms with E-state index >= 15 is 0 Å². The van der Waals surface area contributed by atoms with Gasteiger partial charge in [0.2, 0.25) is 0 Å². The third-order valence-electron chi connectivity index (χ3n) is 4.00. The molecule has 0 spiro atoms. The van der Waals surface area contributed by atoms with Crippen LogP contribution in [0.1, 0.15) is 23.6 Å². The van der Waals surface area contributed by atoms with E-state index in [2.05, 4.69) is 35.2 Å². The summed E-state index contributed by atoms with van der Waals surface area (Å²) in [6.45, 7) is 1.07. The van der Waals surface area contributed by atoms with Crippen LogP contribution in [0.5, 0.6) is 0 Å². The lowest BCUT2D eigenvalue weighted by atomic mass is 9.85. The molecule has 1 N–H and O–H groups in total. The number of likely N-dealkylation sites (tertiary alicyclic amines) is 1. The standard InChI is InChI=1S/C18H18N2O/c19-12-11-18(21)13-20(14-18)17(15-7-3-1-4-8-15)16-9-5-2-6-10-16/h1-10,17,21H,11,13-14H2. The Morgan fingerprint density at radius 3 is 1.90 bits per heavy atom. The lowest BCUT2D eigenvalue weighted by Gasteiger charge is -2.49. The van der Waals surface area contributed by atoms with Crippen molar-refractivity contribution in [3.8, 4) is 6.07 Å². The highest BCUT2D eigenvalue weighted by Crippen LogP contribution is 2.36. The van der Waals surface area contributed by atoms with Crippen LogP contribution in [0.25, 0.3) is 0 Å². The Labute approximate surface area is 125 Å². The van der Waals surface area contributed by atoms with Gasteiger partial charge in [-0.1, -0.05) is 60.7 Å². The molecule has 0 atom stereocenters. The van der Waals surface area contributed by atoms with Crippen molar-refractivity contribution >= 4 is 0 Å². The second-order valence-corrected chi connectivity index (χ2v) is 5.69. The highest BCUT2D eigenvalue weighted by Gasteiger charge is 2.44. The number of nitrogens with zero attached hydrogens (tertiary/aromatic N) is 2. The summed E-state index contributed by atoms with van der Waals surface area (Å²) in [7, 11) is 0. The number of rotatable bonds is 4. The molecule has 0 aliphatic carbocycles. The molecule has 1 fully saturated rings. The van der Waals surface area contributed by atoms with Crippen molar-refractivity contribution in [1.82, 2.24) is 4.90 Å². The lowest BCUT2D eigenvalue weighted by Crippen LogP contribution is -2.62. The number of hydrogen-bond donors (Lipinski definition) is 1. The van der Waals surface area contributed by atoms with Crippen molar-refractivity contribution in [2.24, 2.45) is 0 Å². The third-order valence-corrected chi connectivity index (χ3v) is 4.00. The molecule has 106 valence electrons. The summed E-state index contributed by atoms with van der Waals surface area (Å²) in [6, 6.07) is 22.8. The fourth-order valence-electron chi connectivity index (χ4n) is 3.04. The summed E-state index contributed by atoms with van der Waals surface area (Å²) in [5, 5.41) is 19.1. The van der Waals surface area contributed by atoms with Gasteiger partial charge in [0.15, 0.2) is 0 Å². The Morgan fingerprint density at radius 1 is 1.00 bits per heavy atom. The molecule has 1 heterocycles. The molecule has 1 aliphatic rings. The van der Waals surface area contributed by atoms with Crippen LogP contribution in [-0.4, -0.2) is 28.7 Å². The number of benzene rings is 2. The molecule has 0 amide bonds. The maximum absolute atomic E-state index is 10.3. The Balaban J connectivity index is 1.88. The molecule has 1 saturated heterocycles. The van der Waals surface area contributed by atoms with Crippen molar-refractivity contribution in [2.45, 2.75) is 18.1 Å². The van der Waals surface area contributed by atoms with Crippen LogP contribution >= 0.6 is 0 Å². The van der Waals surface area contributed by atoms with Crippen LogP contribution in [-0.2, 0) is 0 Å². The Kier molecular flexibility index (Phi) is 3.74. The van der Waals surface area contributed by atoms with Crippen LogP contribution in [0.15, 0.2) is 60.7 Å². The molecule has 0 aromatic heterocycles. The molecule has 2 aromatic carbocycles. The fourth-order valence-corrected chi connectivity index (χ4v) is 3.04. The van der Waals surface area contributed by atoms with E-state index in [1.165, 1.54) is 11.1 Å². The maximum atomic E-state index is 10.3. The molecule has 2 aromatic rings. The molecular weight excluding hydrogens is 260 g/mol. The van der Waals surface area contributed by atoms with Gasteiger partial charge in [-0.3, -0.25) is 4.90 Å². The van der Waals surface area contributed by atoms with Gasteiger partial charge >= 0.3 is 0 Å². The molecule has 21 heavy (non-hydrogen) atoms. The molecule has 3 nitrogen and oxygen atoms in total. The molecule has 3 heteroatoms. The molecule has 1 aliphatic heterocycles. The molecule has 3 rings (SSSR count). The van der Waals surface area contributed by atoms with E-state index in [1.54, 1.807) is 0 Å². The number of nitriles is 1. The van der Waals surface area contributed by atoms with Crippen molar-refractivity contribution in [1.29, 1.82) is 5.26 Å². The van der Waals surface area contributed by atoms with Crippen LogP contribution in [0.3, 0.4) is 0 Å². The Morgan fingerprint density at radius 2 is 1.48 bits per heavy atom. The summed E-state index contributed by atoms with van der Waals surface area (Å²) in [5.41, 5.74) is 1.57.